The van der Waals surface area contributed by atoms with Crippen LogP contribution in [0.5, 0.6) is 0 Å². The second-order valence-electron chi connectivity index (χ2n) is 2.72. The summed E-state index contributed by atoms with van der Waals surface area (Å²) in [7, 11) is 1.29. The highest BCUT2D eigenvalue weighted by Crippen LogP contribution is 2.13. The molecule has 0 heterocycles. The standard InChI is InChI=1S/C10H10NO4/c1-15-10(12)7-4-8-2-5-9(6-3-8)11(13)14/h2-7,13H,1H3/q-1. The van der Waals surface area contributed by atoms with Gasteiger partial charge in [-0.1, -0.05) is 12.1 Å². The number of carbonyl (C=O) groups excluding carboxylic acids is 1. The molecule has 1 N–H and O–H groups in total. The van der Waals surface area contributed by atoms with Gasteiger partial charge in [0.1, 0.15) is 0 Å². The van der Waals surface area contributed by atoms with Crippen molar-refractivity contribution in [2.75, 3.05) is 12.3 Å². The van der Waals surface area contributed by atoms with E-state index in [0.717, 1.165) is 5.56 Å². The van der Waals surface area contributed by atoms with E-state index < -0.39 is 5.97 Å². The van der Waals surface area contributed by atoms with Crippen molar-refractivity contribution in [1.29, 1.82) is 0 Å². The van der Waals surface area contributed by atoms with E-state index in [0.29, 0.717) is 0 Å². The van der Waals surface area contributed by atoms with Gasteiger partial charge >= 0.3 is 5.97 Å². The first-order chi connectivity index (χ1) is 7.13. The van der Waals surface area contributed by atoms with Gasteiger partial charge in [0.15, 0.2) is 0 Å². The molecule has 0 atom stereocenters. The second kappa shape index (κ2) is 5.14. The molecular formula is C10H10NO4-. The van der Waals surface area contributed by atoms with Crippen molar-refractivity contribution in [2.24, 2.45) is 0 Å². The van der Waals surface area contributed by atoms with Crippen LogP contribution in [0.25, 0.3) is 6.08 Å². The number of ether oxygens (including phenoxy) is 1. The van der Waals surface area contributed by atoms with Crippen molar-refractivity contribution in [3.8, 4) is 0 Å². The third kappa shape index (κ3) is 3.41. The van der Waals surface area contributed by atoms with Crippen LogP contribution in [0.2, 0.25) is 0 Å². The topological polar surface area (TPSA) is 72.8 Å². The molecule has 0 radical (unpaired) electrons. The fourth-order valence-corrected chi connectivity index (χ4v) is 0.945. The predicted octanol–water partition coefficient (Wildman–Crippen LogP) is 1.57. The van der Waals surface area contributed by atoms with Crippen molar-refractivity contribution in [2.45, 2.75) is 0 Å². The molecule has 0 saturated carbocycles. The summed E-state index contributed by atoms with van der Waals surface area (Å²) in [5, 5.41) is 18.8. The van der Waals surface area contributed by atoms with Gasteiger partial charge in [-0.2, -0.15) is 0 Å². The Balaban J connectivity index is 2.72. The van der Waals surface area contributed by atoms with E-state index in [1.807, 2.05) is 0 Å². The molecule has 1 aromatic carbocycles. The van der Waals surface area contributed by atoms with Gasteiger partial charge in [-0.3, -0.25) is 5.21 Å². The average molecular weight is 208 g/mol. The number of nitrogens with zero attached hydrogens (tertiary/aromatic N) is 1. The minimum atomic E-state index is -0.452. The zero-order valence-corrected chi connectivity index (χ0v) is 8.08. The van der Waals surface area contributed by atoms with Gasteiger partial charge in [-0.05, 0) is 23.8 Å². The number of methoxy groups -OCH3 is 1. The molecule has 0 unspecified atom stereocenters. The molecule has 0 saturated heterocycles. The van der Waals surface area contributed by atoms with Gasteiger partial charge in [0.25, 0.3) is 0 Å². The summed E-state index contributed by atoms with van der Waals surface area (Å²) in [6.45, 7) is 0. The van der Waals surface area contributed by atoms with Crippen LogP contribution in [-0.4, -0.2) is 18.3 Å². The number of carbonyl (C=O) groups is 1. The maximum atomic E-state index is 10.8. The molecule has 0 fully saturated rings. The Hall–Kier alpha value is -1.85. The second-order valence-corrected chi connectivity index (χ2v) is 2.72. The SMILES string of the molecule is COC(=O)C=Cc1ccc(N([O-])O)cc1. The molecule has 0 spiro atoms. The Labute approximate surface area is 86.7 Å². The van der Waals surface area contributed by atoms with E-state index in [-0.39, 0.29) is 10.9 Å². The Morgan fingerprint density at radius 3 is 2.53 bits per heavy atom. The lowest BCUT2D eigenvalue weighted by Gasteiger charge is -2.21. The van der Waals surface area contributed by atoms with Crippen molar-refractivity contribution in [3.63, 3.8) is 0 Å². The maximum Gasteiger partial charge on any atom is 0.330 e. The molecule has 0 amide bonds. The summed E-state index contributed by atoms with van der Waals surface area (Å²) in [5.41, 5.74) is 0.858. The van der Waals surface area contributed by atoms with Crippen LogP contribution in [0.15, 0.2) is 30.3 Å². The summed E-state index contributed by atoms with van der Waals surface area (Å²) in [6.07, 6.45) is 2.81. The molecule has 15 heavy (non-hydrogen) atoms. The van der Waals surface area contributed by atoms with Crippen LogP contribution in [0.3, 0.4) is 0 Å². The number of hydrogen-bond acceptors (Lipinski definition) is 5. The normalized spacial score (nSPS) is 10.3. The molecule has 5 heteroatoms. The highest BCUT2D eigenvalue weighted by molar-refractivity contribution is 5.86. The average Bonchev–Trinajstić information content (AvgIpc) is 2.26. The molecular weight excluding hydrogens is 198 g/mol. The molecule has 0 bridgehead atoms. The lowest BCUT2D eigenvalue weighted by molar-refractivity contribution is -0.134. The first-order valence-electron chi connectivity index (χ1n) is 4.15. The summed E-state index contributed by atoms with van der Waals surface area (Å²) < 4.78 is 4.41. The zero-order valence-electron chi connectivity index (χ0n) is 8.08. The summed E-state index contributed by atoms with van der Waals surface area (Å²) in [6, 6.07) is 6.06. The van der Waals surface area contributed by atoms with Crippen LogP contribution >= 0.6 is 0 Å². The van der Waals surface area contributed by atoms with Crippen molar-refractivity contribution >= 4 is 17.7 Å². The summed E-state index contributed by atoms with van der Waals surface area (Å²) in [4.78, 5) is 10.8. The van der Waals surface area contributed by atoms with E-state index in [1.165, 1.54) is 25.3 Å². The monoisotopic (exact) mass is 208 g/mol. The molecule has 5 nitrogen and oxygen atoms in total. The summed E-state index contributed by atoms with van der Waals surface area (Å²) in [5.74, 6) is -0.452. The lowest BCUT2D eigenvalue weighted by Crippen LogP contribution is -2.06. The molecule has 1 rings (SSSR count). The van der Waals surface area contributed by atoms with Gasteiger partial charge < -0.3 is 15.2 Å². The molecule has 1 aromatic rings. The number of hydrogen-bond donors (Lipinski definition) is 1. The third-order valence-electron chi connectivity index (χ3n) is 1.73. The fraction of sp³-hybridized carbons (Fsp3) is 0.100. The molecule has 0 aromatic heterocycles. The van der Waals surface area contributed by atoms with E-state index >= 15 is 0 Å². The predicted molar refractivity (Wildman–Crippen MR) is 55.1 cm³/mol. The molecule has 80 valence electrons. The van der Waals surface area contributed by atoms with Gasteiger partial charge in [0.2, 0.25) is 0 Å². The highest BCUT2D eigenvalue weighted by atomic mass is 16.8. The van der Waals surface area contributed by atoms with Gasteiger partial charge in [-0.15, -0.1) is 0 Å². The number of anilines is 1. The Morgan fingerprint density at radius 2 is 2.07 bits per heavy atom. The summed E-state index contributed by atoms with van der Waals surface area (Å²) >= 11 is 0. The van der Waals surface area contributed by atoms with Crippen LogP contribution in [0.1, 0.15) is 5.56 Å². The van der Waals surface area contributed by atoms with Gasteiger partial charge in [-0.25, -0.2) is 4.79 Å². The van der Waals surface area contributed by atoms with Gasteiger partial charge in [0.05, 0.1) is 12.8 Å². The van der Waals surface area contributed by atoms with Crippen molar-refractivity contribution < 1.29 is 14.7 Å². The first-order valence-corrected chi connectivity index (χ1v) is 4.15. The van der Waals surface area contributed by atoms with Crippen molar-refractivity contribution in [1.82, 2.24) is 0 Å². The van der Waals surface area contributed by atoms with Gasteiger partial charge in [0, 0.05) is 6.08 Å². The first kappa shape index (κ1) is 11.2. The van der Waals surface area contributed by atoms with E-state index in [1.54, 1.807) is 18.2 Å². The lowest BCUT2D eigenvalue weighted by atomic mass is 10.2. The number of rotatable bonds is 3. The van der Waals surface area contributed by atoms with E-state index in [9.17, 15) is 10.0 Å². The molecule has 0 aliphatic carbocycles. The van der Waals surface area contributed by atoms with E-state index in [2.05, 4.69) is 4.74 Å². The molecule has 0 aliphatic rings. The number of benzene rings is 1. The van der Waals surface area contributed by atoms with E-state index in [4.69, 9.17) is 5.21 Å². The third-order valence-corrected chi connectivity index (χ3v) is 1.73. The van der Waals surface area contributed by atoms with Crippen molar-refractivity contribution in [3.05, 3.63) is 41.1 Å². The largest absolute Gasteiger partial charge is 0.733 e. The smallest absolute Gasteiger partial charge is 0.330 e. The fourth-order valence-electron chi connectivity index (χ4n) is 0.945. The minimum absolute atomic E-state index is 0.130. The maximum absolute atomic E-state index is 10.8. The zero-order chi connectivity index (χ0) is 11.3. The Morgan fingerprint density at radius 1 is 1.47 bits per heavy atom. The number of esters is 1. The quantitative estimate of drug-likeness (QED) is 0.463. The van der Waals surface area contributed by atoms with Crippen LogP contribution in [0, 0.1) is 5.21 Å². The minimum Gasteiger partial charge on any atom is -0.733 e. The van der Waals surface area contributed by atoms with Crippen LogP contribution in [-0.2, 0) is 9.53 Å². The van der Waals surface area contributed by atoms with Crippen LogP contribution in [0.4, 0.5) is 5.69 Å². The van der Waals surface area contributed by atoms with Crippen LogP contribution < -0.4 is 5.23 Å². The Kier molecular flexibility index (Phi) is 3.84. The highest BCUT2D eigenvalue weighted by Gasteiger charge is 1.93. The Bertz CT molecular complexity index is 356. The molecule has 0 aliphatic heterocycles.